The SMILES string of the molecule is COC(=O)C1CSC(c2ccc(O)c(O)c2)N1. The second-order valence-corrected chi connectivity index (χ2v) is 4.84. The third kappa shape index (κ3) is 2.48. The monoisotopic (exact) mass is 255 g/mol. The molecule has 0 radical (unpaired) electrons. The maximum absolute atomic E-state index is 11.3. The van der Waals surface area contributed by atoms with Crippen LogP contribution in [0.4, 0.5) is 0 Å². The van der Waals surface area contributed by atoms with Gasteiger partial charge in [0.25, 0.3) is 0 Å². The summed E-state index contributed by atoms with van der Waals surface area (Å²) in [6, 6.07) is 4.29. The number of thioether (sulfide) groups is 1. The highest BCUT2D eigenvalue weighted by Gasteiger charge is 2.31. The minimum absolute atomic E-state index is 0.0781. The maximum Gasteiger partial charge on any atom is 0.323 e. The fourth-order valence-corrected chi connectivity index (χ4v) is 2.86. The minimum Gasteiger partial charge on any atom is -0.504 e. The Morgan fingerprint density at radius 2 is 2.24 bits per heavy atom. The maximum atomic E-state index is 11.3. The summed E-state index contributed by atoms with van der Waals surface area (Å²) in [5.41, 5.74) is 0.816. The van der Waals surface area contributed by atoms with Crippen LogP contribution in [-0.2, 0) is 9.53 Å². The van der Waals surface area contributed by atoms with Crippen molar-refractivity contribution in [2.75, 3.05) is 12.9 Å². The molecule has 1 aromatic carbocycles. The molecule has 2 unspecified atom stereocenters. The molecule has 6 heteroatoms. The number of carbonyl (C=O) groups excluding carboxylic acids is 1. The minimum atomic E-state index is -0.328. The number of methoxy groups -OCH3 is 1. The molecule has 1 aromatic rings. The molecule has 0 aromatic heterocycles. The topological polar surface area (TPSA) is 78.8 Å². The van der Waals surface area contributed by atoms with Gasteiger partial charge in [0.05, 0.1) is 12.5 Å². The number of aromatic hydroxyl groups is 2. The predicted molar refractivity (Wildman–Crippen MR) is 63.9 cm³/mol. The molecule has 1 saturated heterocycles. The van der Waals surface area contributed by atoms with Crippen molar-refractivity contribution in [3.05, 3.63) is 23.8 Å². The van der Waals surface area contributed by atoms with E-state index in [1.807, 2.05) is 0 Å². The smallest absolute Gasteiger partial charge is 0.323 e. The number of carbonyl (C=O) groups is 1. The van der Waals surface area contributed by atoms with E-state index >= 15 is 0 Å². The molecule has 17 heavy (non-hydrogen) atoms. The van der Waals surface area contributed by atoms with Crippen LogP contribution < -0.4 is 5.32 Å². The van der Waals surface area contributed by atoms with Crippen molar-refractivity contribution in [2.45, 2.75) is 11.4 Å². The van der Waals surface area contributed by atoms with E-state index in [2.05, 4.69) is 10.1 Å². The van der Waals surface area contributed by atoms with E-state index in [9.17, 15) is 15.0 Å². The molecule has 0 spiro atoms. The second-order valence-electron chi connectivity index (χ2n) is 3.70. The van der Waals surface area contributed by atoms with E-state index in [1.54, 1.807) is 17.8 Å². The van der Waals surface area contributed by atoms with Gasteiger partial charge in [-0.2, -0.15) is 0 Å². The highest BCUT2D eigenvalue weighted by Crippen LogP contribution is 2.36. The van der Waals surface area contributed by atoms with Gasteiger partial charge in [-0.15, -0.1) is 11.8 Å². The van der Waals surface area contributed by atoms with Gasteiger partial charge in [-0.1, -0.05) is 6.07 Å². The highest BCUT2D eigenvalue weighted by molar-refractivity contribution is 7.99. The number of hydrogen-bond acceptors (Lipinski definition) is 6. The normalized spacial score (nSPS) is 23.6. The molecule has 0 aliphatic carbocycles. The van der Waals surface area contributed by atoms with Crippen LogP contribution in [0.2, 0.25) is 0 Å². The van der Waals surface area contributed by atoms with E-state index < -0.39 is 0 Å². The summed E-state index contributed by atoms with van der Waals surface area (Å²) in [6.07, 6.45) is 0. The predicted octanol–water partition coefficient (Wildman–Crippen LogP) is 0.974. The van der Waals surface area contributed by atoms with E-state index in [0.717, 1.165) is 5.56 Å². The van der Waals surface area contributed by atoms with Gasteiger partial charge in [0.1, 0.15) is 6.04 Å². The molecule has 1 fully saturated rings. The number of phenolic OH excluding ortho intramolecular Hbond substituents is 2. The summed E-state index contributed by atoms with van der Waals surface area (Å²) in [7, 11) is 1.36. The first-order valence-corrected chi connectivity index (χ1v) is 6.14. The van der Waals surface area contributed by atoms with Gasteiger partial charge in [0, 0.05) is 5.75 Å². The lowest BCUT2D eigenvalue weighted by Gasteiger charge is -2.12. The molecule has 3 N–H and O–H groups in total. The lowest BCUT2D eigenvalue weighted by atomic mass is 10.2. The van der Waals surface area contributed by atoms with Gasteiger partial charge in [0.2, 0.25) is 0 Å². The van der Waals surface area contributed by atoms with Gasteiger partial charge < -0.3 is 14.9 Å². The van der Waals surface area contributed by atoms with Crippen LogP contribution in [0.1, 0.15) is 10.9 Å². The van der Waals surface area contributed by atoms with Gasteiger partial charge in [-0.3, -0.25) is 10.1 Å². The fourth-order valence-electron chi connectivity index (χ4n) is 1.65. The van der Waals surface area contributed by atoms with Crippen molar-refractivity contribution in [1.82, 2.24) is 5.32 Å². The third-order valence-corrected chi connectivity index (χ3v) is 3.84. The van der Waals surface area contributed by atoms with Crippen molar-refractivity contribution in [3.8, 4) is 11.5 Å². The number of nitrogens with one attached hydrogen (secondary N) is 1. The van der Waals surface area contributed by atoms with Crippen LogP contribution in [-0.4, -0.2) is 35.1 Å². The van der Waals surface area contributed by atoms with E-state index in [-0.39, 0.29) is 28.9 Å². The zero-order chi connectivity index (χ0) is 12.4. The summed E-state index contributed by atoms with van der Waals surface area (Å²) >= 11 is 1.56. The van der Waals surface area contributed by atoms with Gasteiger partial charge in [0.15, 0.2) is 11.5 Å². The Labute approximate surface area is 103 Å². The van der Waals surface area contributed by atoms with Crippen molar-refractivity contribution < 1.29 is 19.7 Å². The van der Waals surface area contributed by atoms with Crippen molar-refractivity contribution in [3.63, 3.8) is 0 Å². The first-order chi connectivity index (χ1) is 8.11. The van der Waals surface area contributed by atoms with Crippen LogP contribution in [0.3, 0.4) is 0 Å². The lowest BCUT2D eigenvalue weighted by molar-refractivity contribution is -0.142. The summed E-state index contributed by atoms with van der Waals surface area (Å²) in [4.78, 5) is 11.3. The molecule has 0 saturated carbocycles. The fraction of sp³-hybridized carbons (Fsp3) is 0.364. The standard InChI is InChI=1S/C11H13NO4S/c1-16-11(15)7-5-17-10(12-7)6-2-3-8(13)9(14)4-6/h2-4,7,10,12-14H,5H2,1H3. The Morgan fingerprint density at radius 3 is 2.88 bits per heavy atom. The number of phenols is 2. The summed E-state index contributed by atoms with van der Waals surface area (Å²) < 4.78 is 4.66. The largest absolute Gasteiger partial charge is 0.504 e. The lowest BCUT2D eigenvalue weighted by Crippen LogP contribution is -2.34. The molecule has 0 amide bonds. The molecule has 0 bridgehead atoms. The number of ether oxygens (including phenoxy) is 1. The van der Waals surface area contributed by atoms with Crippen LogP contribution in [0, 0.1) is 0 Å². The summed E-state index contributed by atoms with van der Waals surface area (Å²) in [6.45, 7) is 0. The highest BCUT2D eigenvalue weighted by atomic mass is 32.2. The zero-order valence-electron chi connectivity index (χ0n) is 9.21. The Bertz CT molecular complexity index is 437. The summed E-state index contributed by atoms with van der Waals surface area (Å²) in [5.74, 6) is 0.0228. The number of benzene rings is 1. The van der Waals surface area contributed by atoms with E-state index in [0.29, 0.717) is 5.75 Å². The van der Waals surface area contributed by atoms with Crippen LogP contribution in [0.25, 0.3) is 0 Å². The van der Waals surface area contributed by atoms with Gasteiger partial charge >= 0.3 is 5.97 Å². The van der Waals surface area contributed by atoms with Crippen LogP contribution >= 0.6 is 11.8 Å². The molecule has 2 atom stereocenters. The van der Waals surface area contributed by atoms with Crippen LogP contribution in [0.5, 0.6) is 11.5 Å². The quantitative estimate of drug-likeness (QED) is 0.540. The Hall–Kier alpha value is -1.40. The zero-order valence-corrected chi connectivity index (χ0v) is 10.0. The number of rotatable bonds is 2. The first-order valence-electron chi connectivity index (χ1n) is 5.09. The van der Waals surface area contributed by atoms with Crippen molar-refractivity contribution in [2.24, 2.45) is 0 Å². The van der Waals surface area contributed by atoms with Crippen molar-refractivity contribution in [1.29, 1.82) is 0 Å². The molecular formula is C11H13NO4S. The molecule has 92 valence electrons. The second kappa shape index (κ2) is 4.85. The van der Waals surface area contributed by atoms with Crippen LogP contribution in [0.15, 0.2) is 18.2 Å². The van der Waals surface area contributed by atoms with Crippen molar-refractivity contribution >= 4 is 17.7 Å². The number of esters is 1. The Balaban J connectivity index is 2.10. The molecule has 1 heterocycles. The molecule has 2 rings (SSSR count). The van der Waals surface area contributed by atoms with E-state index in [4.69, 9.17) is 0 Å². The summed E-state index contributed by atoms with van der Waals surface area (Å²) in [5, 5.41) is 21.6. The average molecular weight is 255 g/mol. The van der Waals surface area contributed by atoms with Gasteiger partial charge in [-0.25, -0.2) is 0 Å². The molecule has 5 nitrogen and oxygen atoms in total. The Morgan fingerprint density at radius 1 is 1.47 bits per heavy atom. The Kier molecular flexibility index (Phi) is 3.44. The number of hydrogen-bond donors (Lipinski definition) is 3. The molecule has 1 aliphatic rings. The molecule has 1 aliphatic heterocycles. The van der Waals surface area contributed by atoms with Gasteiger partial charge in [-0.05, 0) is 17.7 Å². The molecular weight excluding hydrogens is 242 g/mol. The first kappa shape index (κ1) is 12.1. The third-order valence-electron chi connectivity index (χ3n) is 2.57. The average Bonchev–Trinajstić information content (AvgIpc) is 2.81. The van der Waals surface area contributed by atoms with E-state index in [1.165, 1.54) is 19.2 Å².